The summed E-state index contributed by atoms with van der Waals surface area (Å²) in [5.41, 5.74) is 3.32. The molecule has 0 aliphatic carbocycles. The Morgan fingerprint density at radius 3 is 2.45 bits per heavy atom. The third-order valence-electron chi connectivity index (χ3n) is 4.44. The van der Waals surface area contributed by atoms with E-state index in [0.29, 0.717) is 12.6 Å². The van der Waals surface area contributed by atoms with Crippen molar-refractivity contribution in [3.8, 4) is 0 Å². The van der Waals surface area contributed by atoms with Crippen molar-refractivity contribution in [3.05, 3.63) is 65.5 Å². The van der Waals surface area contributed by atoms with Crippen molar-refractivity contribution >= 4 is 5.69 Å². The highest BCUT2D eigenvalue weighted by atomic mass is 19.1. The molecule has 2 aromatic carbocycles. The van der Waals surface area contributed by atoms with Gasteiger partial charge in [-0.3, -0.25) is 4.90 Å². The third-order valence-corrected chi connectivity index (χ3v) is 4.44. The quantitative estimate of drug-likeness (QED) is 0.909. The van der Waals surface area contributed by atoms with Gasteiger partial charge in [0.2, 0.25) is 0 Å². The van der Waals surface area contributed by atoms with Crippen LogP contribution in [0.3, 0.4) is 0 Å². The lowest BCUT2D eigenvalue weighted by molar-refractivity contribution is 0.209. The summed E-state index contributed by atoms with van der Waals surface area (Å²) in [6.45, 7) is 4.87. The molecule has 116 valence electrons. The van der Waals surface area contributed by atoms with Crippen LogP contribution in [0, 0.1) is 12.7 Å². The Balaban J connectivity index is 1.52. The highest BCUT2D eigenvalue weighted by Gasteiger charge is 2.20. The number of benzene rings is 2. The molecule has 0 bridgehead atoms. The number of aryl methyl sites for hydroxylation is 1. The zero-order valence-corrected chi connectivity index (χ0v) is 13.1. The van der Waals surface area contributed by atoms with Gasteiger partial charge in [-0.05, 0) is 37.5 Å². The number of para-hydroxylation sites is 1. The van der Waals surface area contributed by atoms with E-state index in [0.717, 1.165) is 31.5 Å². The van der Waals surface area contributed by atoms with Crippen molar-refractivity contribution in [2.24, 2.45) is 0 Å². The Kier molecular flexibility index (Phi) is 4.74. The van der Waals surface area contributed by atoms with Gasteiger partial charge in [-0.2, -0.15) is 0 Å². The van der Waals surface area contributed by atoms with Gasteiger partial charge in [0.15, 0.2) is 0 Å². The van der Waals surface area contributed by atoms with E-state index in [1.165, 1.54) is 11.3 Å². The molecular weight excluding hydrogens is 275 g/mol. The molecule has 0 radical (unpaired) electrons. The Morgan fingerprint density at radius 1 is 1.05 bits per heavy atom. The summed E-state index contributed by atoms with van der Waals surface area (Å²) in [6, 6.07) is 16.0. The molecule has 3 heteroatoms. The molecule has 0 spiro atoms. The summed E-state index contributed by atoms with van der Waals surface area (Å²) in [6.07, 6.45) is 2.20. The molecule has 1 aliphatic rings. The maximum Gasteiger partial charge on any atom is 0.127 e. The summed E-state index contributed by atoms with van der Waals surface area (Å²) < 4.78 is 13.7. The average Bonchev–Trinajstić information content (AvgIpc) is 2.54. The van der Waals surface area contributed by atoms with Gasteiger partial charge in [0.05, 0.1) is 0 Å². The molecule has 1 saturated heterocycles. The van der Waals surface area contributed by atoms with Gasteiger partial charge in [0, 0.05) is 36.9 Å². The largest absolute Gasteiger partial charge is 0.382 e. The van der Waals surface area contributed by atoms with E-state index in [9.17, 15) is 4.39 Å². The van der Waals surface area contributed by atoms with Crippen LogP contribution in [0.4, 0.5) is 10.1 Å². The average molecular weight is 298 g/mol. The first-order valence-electron chi connectivity index (χ1n) is 8.00. The molecule has 0 aromatic heterocycles. The Labute approximate surface area is 132 Å². The van der Waals surface area contributed by atoms with Crippen molar-refractivity contribution in [1.82, 2.24) is 4.90 Å². The minimum absolute atomic E-state index is 0.0948. The molecule has 0 unspecified atom stereocenters. The van der Waals surface area contributed by atoms with Crippen LogP contribution in [-0.4, -0.2) is 24.0 Å². The number of piperidine rings is 1. The van der Waals surface area contributed by atoms with Gasteiger partial charge in [0.1, 0.15) is 5.82 Å². The second kappa shape index (κ2) is 6.93. The molecule has 1 N–H and O–H groups in total. The van der Waals surface area contributed by atoms with E-state index in [4.69, 9.17) is 0 Å². The SMILES string of the molecule is Cc1ccccc1NC1CCN(Cc2ccccc2F)CC1. The zero-order valence-electron chi connectivity index (χ0n) is 13.1. The third kappa shape index (κ3) is 3.66. The Hall–Kier alpha value is -1.87. The molecular formula is C19H23FN2. The molecule has 0 saturated carbocycles. The summed E-state index contributed by atoms with van der Waals surface area (Å²) in [7, 11) is 0. The molecule has 22 heavy (non-hydrogen) atoms. The number of hydrogen-bond donors (Lipinski definition) is 1. The van der Waals surface area contributed by atoms with Crippen LogP contribution >= 0.6 is 0 Å². The van der Waals surface area contributed by atoms with Crippen molar-refractivity contribution in [1.29, 1.82) is 0 Å². The summed E-state index contributed by atoms with van der Waals surface area (Å²) >= 11 is 0. The van der Waals surface area contributed by atoms with Gasteiger partial charge >= 0.3 is 0 Å². The van der Waals surface area contributed by atoms with E-state index >= 15 is 0 Å². The molecule has 1 heterocycles. The topological polar surface area (TPSA) is 15.3 Å². The number of nitrogens with one attached hydrogen (secondary N) is 1. The lowest BCUT2D eigenvalue weighted by atomic mass is 10.0. The van der Waals surface area contributed by atoms with Gasteiger partial charge in [-0.1, -0.05) is 36.4 Å². The molecule has 0 atom stereocenters. The smallest absolute Gasteiger partial charge is 0.127 e. The van der Waals surface area contributed by atoms with Crippen LogP contribution in [0.2, 0.25) is 0 Å². The molecule has 3 rings (SSSR count). The van der Waals surface area contributed by atoms with Crippen molar-refractivity contribution in [3.63, 3.8) is 0 Å². The zero-order chi connectivity index (χ0) is 15.4. The maximum atomic E-state index is 13.7. The first kappa shape index (κ1) is 15.0. The van der Waals surface area contributed by atoms with E-state index < -0.39 is 0 Å². The minimum atomic E-state index is -0.0948. The minimum Gasteiger partial charge on any atom is -0.382 e. The van der Waals surface area contributed by atoms with Gasteiger partial charge in [-0.25, -0.2) is 4.39 Å². The molecule has 2 aromatic rings. The summed E-state index contributed by atoms with van der Waals surface area (Å²) in [5, 5.41) is 3.64. The lowest BCUT2D eigenvalue weighted by Crippen LogP contribution is -2.38. The van der Waals surface area contributed by atoms with Gasteiger partial charge in [0.25, 0.3) is 0 Å². The summed E-state index contributed by atoms with van der Waals surface area (Å²) in [4.78, 5) is 2.34. The van der Waals surface area contributed by atoms with Crippen LogP contribution in [0.1, 0.15) is 24.0 Å². The maximum absolute atomic E-state index is 13.7. The van der Waals surface area contributed by atoms with E-state index in [1.54, 1.807) is 12.1 Å². The molecule has 2 nitrogen and oxygen atoms in total. The van der Waals surface area contributed by atoms with E-state index in [2.05, 4.69) is 41.4 Å². The normalized spacial score (nSPS) is 16.6. The predicted molar refractivity (Wildman–Crippen MR) is 89.5 cm³/mol. The standard InChI is InChI=1S/C19H23FN2/c1-15-6-2-5-9-19(15)21-17-10-12-22(13-11-17)14-16-7-3-4-8-18(16)20/h2-9,17,21H,10-14H2,1H3. The molecule has 1 aliphatic heterocycles. The fourth-order valence-corrected chi connectivity index (χ4v) is 3.06. The highest BCUT2D eigenvalue weighted by Crippen LogP contribution is 2.21. The Bertz CT molecular complexity index is 563. The van der Waals surface area contributed by atoms with Gasteiger partial charge < -0.3 is 5.32 Å². The highest BCUT2D eigenvalue weighted by molar-refractivity contribution is 5.50. The van der Waals surface area contributed by atoms with E-state index in [1.807, 2.05) is 12.1 Å². The van der Waals surface area contributed by atoms with Crippen molar-refractivity contribution < 1.29 is 4.39 Å². The first-order valence-corrected chi connectivity index (χ1v) is 8.00. The number of halogens is 1. The Morgan fingerprint density at radius 2 is 1.73 bits per heavy atom. The van der Waals surface area contributed by atoms with Crippen molar-refractivity contribution in [2.45, 2.75) is 32.4 Å². The predicted octanol–water partition coefficient (Wildman–Crippen LogP) is 4.21. The number of rotatable bonds is 4. The monoisotopic (exact) mass is 298 g/mol. The van der Waals surface area contributed by atoms with E-state index in [-0.39, 0.29) is 5.82 Å². The van der Waals surface area contributed by atoms with Gasteiger partial charge in [-0.15, -0.1) is 0 Å². The number of likely N-dealkylation sites (tertiary alicyclic amines) is 1. The van der Waals surface area contributed by atoms with Crippen LogP contribution in [-0.2, 0) is 6.54 Å². The summed E-state index contributed by atoms with van der Waals surface area (Å²) in [5.74, 6) is -0.0948. The molecule has 0 amide bonds. The first-order chi connectivity index (χ1) is 10.7. The number of hydrogen-bond acceptors (Lipinski definition) is 2. The fraction of sp³-hybridized carbons (Fsp3) is 0.368. The van der Waals surface area contributed by atoms with Crippen LogP contribution in [0.5, 0.6) is 0 Å². The van der Waals surface area contributed by atoms with Crippen LogP contribution in [0.25, 0.3) is 0 Å². The second-order valence-electron chi connectivity index (χ2n) is 6.10. The number of nitrogens with zero attached hydrogens (tertiary/aromatic N) is 1. The number of anilines is 1. The van der Waals surface area contributed by atoms with Crippen LogP contribution in [0.15, 0.2) is 48.5 Å². The lowest BCUT2D eigenvalue weighted by Gasteiger charge is -2.33. The molecule has 1 fully saturated rings. The van der Waals surface area contributed by atoms with Crippen molar-refractivity contribution in [2.75, 3.05) is 18.4 Å². The van der Waals surface area contributed by atoms with Crippen LogP contribution < -0.4 is 5.32 Å². The fourth-order valence-electron chi connectivity index (χ4n) is 3.06. The second-order valence-corrected chi connectivity index (χ2v) is 6.10.